The highest BCUT2D eigenvalue weighted by molar-refractivity contribution is 7.16. The first-order chi connectivity index (χ1) is 11.1. The Balaban J connectivity index is 1.79. The summed E-state index contributed by atoms with van der Waals surface area (Å²) in [6.45, 7) is 3.56. The molecule has 3 heterocycles. The maximum absolute atomic E-state index is 11.7. The minimum Gasteiger partial charge on any atom is -0.462 e. The number of nitrogen functional groups attached to an aromatic ring is 1. The second kappa shape index (κ2) is 6.26. The molecule has 0 aromatic carbocycles. The lowest BCUT2D eigenvalue weighted by Gasteiger charge is -2.28. The van der Waals surface area contributed by atoms with E-state index in [4.69, 9.17) is 10.5 Å². The second-order valence-electron chi connectivity index (χ2n) is 5.15. The molecule has 2 N–H and O–H groups in total. The number of hydrogen-bond acceptors (Lipinski definition) is 7. The van der Waals surface area contributed by atoms with Crippen molar-refractivity contribution in [1.29, 1.82) is 5.26 Å². The smallest absolute Gasteiger partial charge is 0.339 e. The van der Waals surface area contributed by atoms with E-state index in [2.05, 4.69) is 16.0 Å². The molecule has 23 heavy (non-hydrogen) atoms. The van der Waals surface area contributed by atoms with Crippen LogP contribution in [-0.2, 0) is 17.7 Å². The molecule has 2 aromatic rings. The Morgan fingerprint density at radius 1 is 1.57 bits per heavy atom. The summed E-state index contributed by atoms with van der Waals surface area (Å²) in [4.78, 5) is 19.2. The zero-order valence-corrected chi connectivity index (χ0v) is 13.5. The van der Waals surface area contributed by atoms with Crippen molar-refractivity contribution in [3.63, 3.8) is 0 Å². The van der Waals surface area contributed by atoms with Crippen molar-refractivity contribution in [2.24, 2.45) is 0 Å². The lowest BCUT2D eigenvalue weighted by molar-refractivity contribution is 0.0526. The van der Waals surface area contributed by atoms with Gasteiger partial charge in [0.2, 0.25) is 0 Å². The van der Waals surface area contributed by atoms with Crippen LogP contribution in [0.5, 0.6) is 0 Å². The molecule has 0 amide bonds. The number of esters is 1. The van der Waals surface area contributed by atoms with Gasteiger partial charge in [-0.25, -0.2) is 9.78 Å². The summed E-state index contributed by atoms with van der Waals surface area (Å²) >= 11 is 1.47. The van der Waals surface area contributed by atoms with E-state index in [1.807, 2.05) is 6.07 Å². The van der Waals surface area contributed by atoms with Gasteiger partial charge in [-0.3, -0.25) is 0 Å². The molecular weight excluding hydrogens is 312 g/mol. The van der Waals surface area contributed by atoms with E-state index < -0.39 is 0 Å². The summed E-state index contributed by atoms with van der Waals surface area (Å²) in [5.41, 5.74) is 8.04. The lowest BCUT2D eigenvalue weighted by Crippen LogP contribution is -2.30. The van der Waals surface area contributed by atoms with Crippen molar-refractivity contribution in [1.82, 2.24) is 4.98 Å². The van der Waals surface area contributed by atoms with Gasteiger partial charge in [0.25, 0.3) is 0 Å². The summed E-state index contributed by atoms with van der Waals surface area (Å²) in [6.07, 6.45) is 2.31. The number of hydrogen-bond donors (Lipinski definition) is 1. The van der Waals surface area contributed by atoms with Gasteiger partial charge >= 0.3 is 5.97 Å². The highest BCUT2D eigenvalue weighted by Crippen LogP contribution is 2.35. The molecule has 7 heteroatoms. The third kappa shape index (κ3) is 2.85. The predicted octanol–water partition coefficient (Wildman–Crippen LogP) is 2.34. The topological polar surface area (TPSA) is 92.2 Å². The summed E-state index contributed by atoms with van der Waals surface area (Å²) in [5, 5.41) is 9.77. The van der Waals surface area contributed by atoms with E-state index >= 15 is 0 Å². The number of carbonyl (C=O) groups excluding carboxylic acids is 1. The van der Waals surface area contributed by atoms with E-state index in [1.165, 1.54) is 17.5 Å². The average molecular weight is 328 g/mol. The first-order valence-corrected chi connectivity index (χ1v) is 8.14. The maximum atomic E-state index is 11.7. The molecule has 0 saturated carbocycles. The van der Waals surface area contributed by atoms with Crippen molar-refractivity contribution >= 4 is 28.1 Å². The summed E-state index contributed by atoms with van der Waals surface area (Å²) < 4.78 is 4.95. The van der Waals surface area contributed by atoms with Gasteiger partial charge in [-0.2, -0.15) is 5.26 Å². The largest absolute Gasteiger partial charge is 0.462 e. The van der Waals surface area contributed by atoms with E-state index in [1.54, 1.807) is 13.0 Å². The minimum absolute atomic E-state index is 0.344. The van der Waals surface area contributed by atoms with Gasteiger partial charge in [0.1, 0.15) is 16.9 Å². The molecule has 0 fully saturated rings. The fraction of sp³-hybridized carbons (Fsp3) is 0.312. The van der Waals surface area contributed by atoms with Gasteiger partial charge < -0.3 is 15.4 Å². The predicted molar refractivity (Wildman–Crippen MR) is 88.4 cm³/mol. The van der Waals surface area contributed by atoms with E-state index in [9.17, 15) is 10.1 Å². The number of fused-ring (bicyclic) bond motifs is 1. The van der Waals surface area contributed by atoms with Gasteiger partial charge in [-0.15, -0.1) is 11.3 Å². The Hall–Kier alpha value is -2.59. The molecule has 6 nitrogen and oxygen atoms in total. The van der Waals surface area contributed by atoms with Crippen molar-refractivity contribution in [2.45, 2.75) is 19.9 Å². The van der Waals surface area contributed by atoms with Crippen LogP contribution in [0.2, 0.25) is 0 Å². The monoisotopic (exact) mass is 328 g/mol. The molecule has 0 spiro atoms. The Morgan fingerprint density at radius 2 is 2.39 bits per heavy atom. The number of rotatable bonds is 3. The first kappa shape index (κ1) is 15.3. The van der Waals surface area contributed by atoms with Crippen LogP contribution >= 0.6 is 11.3 Å². The molecule has 0 bridgehead atoms. The molecule has 3 rings (SSSR count). The maximum Gasteiger partial charge on any atom is 0.339 e. The SMILES string of the molecule is CCOC(=O)c1ccc(N2CCc3c(sc(N)c3C#N)C2)nc1. The van der Waals surface area contributed by atoms with Crippen molar-refractivity contribution in [3.05, 3.63) is 39.9 Å². The third-order valence-corrected chi connectivity index (χ3v) is 4.82. The van der Waals surface area contributed by atoms with Crippen molar-refractivity contribution < 1.29 is 9.53 Å². The number of nitrogens with two attached hydrogens (primary N) is 1. The molecule has 2 aromatic heterocycles. The molecule has 0 saturated heterocycles. The zero-order valence-electron chi connectivity index (χ0n) is 12.7. The number of nitrogens with zero attached hydrogens (tertiary/aromatic N) is 3. The fourth-order valence-electron chi connectivity index (χ4n) is 2.65. The Labute approximate surface area is 138 Å². The van der Waals surface area contributed by atoms with Crippen molar-refractivity contribution in [3.8, 4) is 6.07 Å². The number of anilines is 2. The normalized spacial score (nSPS) is 13.3. The number of ether oxygens (including phenoxy) is 1. The molecular formula is C16H16N4O2S. The Bertz CT molecular complexity index is 777. The van der Waals surface area contributed by atoms with Crippen LogP contribution in [0, 0.1) is 11.3 Å². The highest BCUT2D eigenvalue weighted by Gasteiger charge is 2.24. The van der Waals surface area contributed by atoms with Crippen LogP contribution in [0.1, 0.15) is 33.3 Å². The van der Waals surface area contributed by atoms with Gasteiger partial charge in [-0.05, 0) is 31.0 Å². The van der Waals surface area contributed by atoms with Crippen molar-refractivity contribution in [2.75, 3.05) is 23.8 Å². The number of aromatic nitrogens is 1. The molecule has 0 atom stereocenters. The van der Waals surface area contributed by atoms with Gasteiger partial charge in [0.15, 0.2) is 0 Å². The van der Waals surface area contributed by atoms with E-state index in [0.29, 0.717) is 29.3 Å². The Morgan fingerprint density at radius 3 is 3.04 bits per heavy atom. The summed E-state index contributed by atoms with van der Waals surface area (Å²) in [7, 11) is 0. The first-order valence-electron chi connectivity index (χ1n) is 7.32. The Kier molecular flexibility index (Phi) is 4.17. The van der Waals surface area contributed by atoms with Crippen LogP contribution in [-0.4, -0.2) is 24.1 Å². The van der Waals surface area contributed by atoms with Crippen LogP contribution in [0.25, 0.3) is 0 Å². The quantitative estimate of drug-likeness (QED) is 0.869. The second-order valence-corrected chi connectivity index (χ2v) is 6.29. The summed E-state index contributed by atoms with van der Waals surface area (Å²) in [6, 6.07) is 5.73. The summed E-state index contributed by atoms with van der Waals surface area (Å²) in [5.74, 6) is 0.436. The minimum atomic E-state index is -0.364. The van der Waals surface area contributed by atoms with E-state index in [-0.39, 0.29) is 5.97 Å². The van der Waals surface area contributed by atoms with Gasteiger partial charge in [-0.1, -0.05) is 0 Å². The molecule has 1 aliphatic heterocycles. The number of thiophene rings is 1. The molecule has 0 radical (unpaired) electrons. The fourth-order valence-corrected chi connectivity index (χ4v) is 3.74. The van der Waals surface area contributed by atoms with E-state index in [0.717, 1.165) is 29.2 Å². The van der Waals surface area contributed by atoms with Crippen LogP contribution in [0.4, 0.5) is 10.8 Å². The molecule has 0 unspecified atom stereocenters. The van der Waals surface area contributed by atoms with Crippen LogP contribution < -0.4 is 10.6 Å². The van der Waals surface area contributed by atoms with Crippen LogP contribution in [0.15, 0.2) is 18.3 Å². The lowest BCUT2D eigenvalue weighted by atomic mass is 10.0. The van der Waals surface area contributed by atoms with Gasteiger partial charge in [0, 0.05) is 17.6 Å². The molecule has 0 aliphatic carbocycles. The number of carbonyl (C=O) groups is 1. The average Bonchev–Trinajstić information content (AvgIpc) is 2.89. The number of pyridine rings is 1. The standard InChI is InChI=1S/C16H16N4O2S/c1-2-22-16(21)10-3-4-14(19-8-10)20-6-5-11-12(7-17)15(18)23-13(11)9-20/h3-4,8H,2,5-6,9,18H2,1H3. The number of nitriles is 1. The highest BCUT2D eigenvalue weighted by atomic mass is 32.1. The van der Waals surface area contributed by atoms with Crippen LogP contribution in [0.3, 0.4) is 0 Å². The zero-order chi connectivity index (χ0) is 16.4. The van der Waals surface area contributed by atoms with Gasteiger partial charge in [0.05, 0.1) is 24.3 Å². The third-order valence-electron chi connectivity index (χ3n) is 3.78. The molecule has 118 valence electrons. The molecule has 1 aliphatic rings.